The zero-order chi connectivity index (χ0) is 16.3. The lowest BCUT2D eigenvalue weighted by Crippen LogP contribution is -2.54. The number of carbonyl (C=O) groups is 2. The molecular weight excluding hydrogens is 294 g/mol. The number of amides is 2. The Bertz CT molecular complexity index is 448. The van der Waals surface area contributed by atoms with Gasteiger partial charge in [-0.15, -0.1) is 0 Å². The predicted molar refractivity (Wildman–Crippen MR) is 76.4 cm³/mol. The minimum atomic E-state index is -2.59. The Balaban J connectivity index is 1.87. The summed E-state index contributed by atoms with van der Waals surface area (Å²) in [5.41, 5.74) is 0. The second kappa shape index (κ2) is 6.73. The summed E-state index contributed by atoms with van der Waals surface area (Å²) in [6.45, 7) is 6.69. The summed E-state index contributed by atoms with van der Waals surface area (Å²) >= 11 is 0. The maximum absolute atomic E-state index is 13.0. The number of ether oxygens (including phenoxy) is 1. The number of alkyl halides is 2. The normalized spacial score (nSPS) is 24.5. The Morgan fingerprint density at radius 1 is 1.45 bits per heavy atom. The fraction of sp³-hybridized carbons (Fsp3) is 0.733. The number of morpholine rings is 1. The van der Waals surface area contributed by atoms with Crippen LogP contribution in [0.4, 0.5) is 8.78 Å². The van der Waals surface area contributed by atoms with Crippen molar-refractivity contribution in [3.63, 3.8) is 0 Å². The molecule has 7 heteroatoms. The highest BCUT2D eigenvalue weighted by Crippen LogP contribution is 2.45. The van der Waals surface area contributed by atoms with Gasteiger partial charge in [-0.3, -0.25) is 9.59 Å². The molecule has 1 atom stereocenters. The van der Waals surface area contributed by atoms with Crippen LogP contribution < -0.4 is 0 Å². The van der Waals surface area contributed by atoms with Gasteiger partial charge in [-0.25, -0.2) is 8.78 Å². The first-order valence-electron chi connectivity index (χ1n) is 7.55. The lowest BCUT2D eigenvalue weighted by atomic mass is 9.77. The van der Waals surface area contributed by atoms with Crippen LogP contribution in [-0.2, 0) is 14.3 Å². The third-order valence-electron chi connectivity index (χ3n) is 4.29. The molecule has 0 radical (unpaired) electrons. The minimum Gasteiger partial charge on any atom is -0.374 e. The Hall–Kier alpha value is -1.50. The lowest BCUT2D eigenvalue weighted by Gasteiger charge is -2.44. The molecule has 1 heterocycles. The van der Waals surface area contributed by atoms with E-state index in [-0.39, 0.29) is 43.2 Å². The van der Waals surface area contributed by atoms with Crippen LogP contribution in [0.1, 0.15) is 19.8 Å². The van der Waals surface area contributed by atoms with E-state index in [0.29, 0.717) is 26.2 Å². The zero-order valence-corrected chi connectivity index (χ0v) is 12.8. The monoisotopic (exact) mass is 316 g/mol. The maximum atomic E-state index is 13.0. The van der Waals surface area contributed by atoms with E-state index in [1.54, 1.807) is 11.8 Å². The van der Waals surface area contributed by atoms with Gasteiger partial charge in [0.15, 0.2) is 0 Å². The summed E-state index contributed by atoms with van der Waals surface area (Å²) < 4.78 is 31.4. The van der Waals surface area contributed by atoms with E-state index >= 15 is 0 Å². The highest BCUT2D eigenvalue weighted by Gasteiger charge is 2.49. The molecule has 0 aromatic rings. The molecular formula is C15H22F2N2O3. The first-order valence-corrected chi connectivity index (χ1v) is 7.55. The van der Waals surface area contributed by atoms with Crippen molar-refractivity contribution in [3.05, 3.63) is 12.7 Å². The van der Waals surface area contributed by atoms with Crippen molar-refractivity contribution in [2.75, 3.05) is 32.8 Å². The van der Waals surface area contributed by atoms with Crippen LogP contribution in [0.5, 0.6) is 0 Å². The van der Waals surface area contributed by atoms with Gasteiger partial charge in [0.05, 0.1) is 19.3 Å². The molecule has 1 saturated heterocycles. The minimum absolute atomic E-state index is 0.0189. The van der Waals surface area contributed by atoms with Crippen LogP contribution in [0.25, 0.3) is 0 Å². The van der Waals surface area contributed by atoms with E-state index in [2.05, 4.69) is 6.58 Å². The van der Waals surface area contributed by atoms with Crippen LogP contribution in [0, 0.1) is 5.92 Å². The number of rotatable bonds is 5. The van der Waals surface area contributed by atoms with Crippen molar-refractivity contribution in [2.45, 2.75) is 31.8 Å². The van der Waals surface area contributed by atoms with Gasteiger partial charge in [0, 0.05) is 32.5 Å². The topological polar surface area (TPSA) is 49.9 Å². The van der Waals surface area contributed by atoms with E-state index in [1.807, 2.05) is 0 Å². The van der Waals surface area contributed by atoms with Gasteiger partial charge in [0.2, 0.25) is 17.7 Å². The summed E-state index contributed by atoms with van der Waals surface area (Å²) in [7, 11) is 0. The Morgan fingerprint density at radius 2 is 2.14 bits per heavy atom. The standard InChI is InChI=1S/C15H22F2N2O3/c1-3-13(20)18(4-2)10-14(21)19-5-6-22-12(9-19)11-7-15(16,17)8-11/h3,11-12H,1,4-10H2,2H3. The fourth-order valence-electron chi connectivity index (χ4n) is 2.90. The third-order valence-corrected chi connectivity index (χ3v) is 4.29. The number of nitrogens with zero attached hydrogens (tertiary/aromatic N) is 2. The van der Waals surface area contributed by atoms with Gasteiger partial charge in [-0.1, -0.05) is 6.58 Å². The average molecular weight is 316 g/mol. The Morgan fingerprint density at radius 3 is 2.68 bits per heavy atom. The molecule has 1 unspecified atom stereocenters. The molecule has 1 saturated carbocycles. The largest absolute Gasteiger partial charge is 0.374 e. The molecule has 0 bridgehead atoms. The van der Waals surface area contributed by atoms with Crippen LogP contribution >= 0.6 is 0 Å². The molecule has 2 amide bonds. The molecule has 2 rings (SSSR count). The van der Waals surface area contributed by atoms with Crippen molar-refractivity contribution in [1.29, 1.82) is 0 Å². The highest BCUT2D eigenvalue weighted by atomic mass is 19.3. The molecule has 2 fully saturated rings. The van der Waals surface area contributed by atoms with Crippen molar-refractivity contribution in [2.24, 2.45) is 5.92 Å². The summed E-state index contributed by atoms with van der Waals surface area (Å²) in [5, 5.41) is 0. The molecule has 0 aromatic heterocycles. The fourth-order valence-corrected chi connectivity index (χ4v) is 2.90. The quantitative estimate of drug-likeness (QED) is 0.718. The lowest BCUT2D eigenvalue weighted by molar-refractivity contribution is -0.173. The van der Waals surface area contributed by atoms with Gasteiger partial charge in [-0.05, 0) is 18.9 Å². The van der Waals surface area contributed by atoms with Crippen LogP contribution in [0.15, 0.2) is 12.7 Å². The van der Waals surface area contributed by atoms with E-state index in [4.69, 9.17) is 4.74 Å². The molecule has 124 valence electrons. The molecule has 2 aliphatic rings. The van der Waals surface area contributed by atoms with Gasteiger partial charge in [-0.2, -0.15) is 0 Å². The van der Waals surface area contributed by atoms with Crippen LogP contribution in [0.3, 0.4) is 0 Å². The number of carbonyl (C=O) groups excluding carboxylic acids is 2. The smallest absolute Gasteiger partial charge is 0.248 e. The molecule has 0 spiro atoms. The van der Waals surface area contributed by atoms with Crippen LogP contribution in [0.2, 0.25) is 0 Å². The molecule has 0 N–H and O–H groups in total. The first kappa shape index (κ1) is 16.9. The number of likely N-dealkylation sites (N-methyl/N-ethyl adjacent to an activating group) is 1. The number of hydrogen-bond donors (Lipinski definition) is 0. The Labute approximate surface area is 128 Å². The summed E-state index contributed by atoms with van der Waals surface area (Å²) in [6.07, 6.45) is 0.503. The van der Waals surface area contributed by atoms with Crippen molar-refractivity contribution < 1.29 is 23.1 Å². The van der Waals surface area contributed by atoms with E-state index < -0.39 is 5.92 Å². The van der Waals surface area contributed by atoms with Crippen LogP contribution in [-0.4, -0.2) is 66.4 Å². The van der Waals surface area contributed by atoms with Crippen molar-refractivity contribution in [3.8, 4) is 0 Å². The second-order valence-corrected chi connectivity index (χ2v) is 5.83. The van der Waals surface area contributed by atoms with Gasteiger partial charge < -0.3 is 14.5 Å². The first-order chi connectivity index (χ1) is 10.4. The molecule has 22 heavy (non-hydrogen) atoms. The molecule has 1 aliphatic carbocycles. The zero-order valence-electron chi connectivity index (χ0n) is 12.8. The average Bonchev–Trinajstić information content (AvgIpc) is 2.49. The van der Waals surface area contributed by atoms with Gasteiger partial charge in [0.1, 0.15) is 0 Å². The molecule has 5 nitrogen and oxygen atoms in total. The third kappa shape index (κ3) is 3.82. The number of hydrogen-bond acceptors (Lipinski definition) is 3. The maximum Gasteiger partial charge on any atom is 0.248 e. The summed E-state index contributed by atoms with van der Waals surface area (Å²) in [4.78, 5) is 26.9. The van der Waals surface area contributed by atoms with Gasteiger partial charge in [0.25, 0.3) is 0 Å². The van der Waals surface area contributed by atoms with Crippen molar-refractivity contribution in [1.82, 2.24) is 9.80 Å². The summed E-state index contributed by atoms with van der Waals surface area (Å²) in [5.74, 6) is -3.26. The molecule has 1 aliphatic heterocycles. The highest BCUT2D eigenvalue weighted by molar-refractivity contribution is 5.90. The molecule has 0 aromatic carbocycles. The second-order valence-electron chi connectivity index (χ2n) is 5.83. The van der Waals surface area contributed by atoms with E-state index in [0.717, 1.165) is 0 Å². The van der Waals surface area contributed by atoms with E-state index in [1.165, 1.54) is 11.0 Å². The van der Waals surface area contributed by atoms with Crippen molar-refractivity contribution >= 4 is 11.8 Å². The Kier molecular flexibility index (Phi) is 5.16. The van der Waals surface area contributed by atoms with Gasteiger partial charge >= 0.3 is 0 Å². The number of halogens is 2. The predicted octanol–water partition coefficient (Wildman–Crippen LogP) is 1.29. The summed E-state index contributed by atoms with van der Waals surface area (Å²) in [6, 6.07) is 0. The van der Waals surface area contributed by atoms with E-state index in [9.17, 15) is 18.4 Å². The SMILES string of the molecule is C=CC(=O)N(CC)CC(=O)N1CCOC(C2CC(F)(F)C2)C1.